The Balaban J connectivity index is 1.39. The predicted molar refractivity (Wildman–Crippen MR) is 95.2 cm³/mol. The van der Waals surface area contributed by atoms with Crippen molar-refractivity contribution in [1.82, 2.24) is 25.0 Å². The van der Waals surface area contributed by atoms with Crippen LogP contribution in [0.1, 0.15) is 41.5 Å². The Kier molecular flexibility index (Phi) is 4.57. The van der Waals surface area contributed by atoms with Gasteiger partial charge in [0.25, 0.3) is 0 Å². The van der Waals surface area contributed by atoms with Crippen LogP contribution >= 0.6 is 11.6 Å². The van der Waals surface area contributed by atoms with Crippen LogP contribution in [0.2, 0.25) is 5.02 Å². The summed E-state index contributed by atoms with van der Waals surface area (Å²) in [5, 5.41) is 13.0. The number of piperidine rings is 1. The molecule has 2 aliphatic rings. The summed E-state index contributed by atoms with van der Waals surface area (Å²) in [6, 6.07) is 6.21. The molecule has 3 heterocycles. The van der Waals surface area contributed by atoms with Gasteiger partial charge in [-0.15, -0.1) is 10.2 Å². The number of likely N-dealkylation sites (tertiary alicyclic amines) is 1. The van der Waals surface area contributed by atoms with Gasteiger partial charge in [0.1, 0.15) is 11.6 Å². The standard InChI is InChI=1S/C18H24ClN5/c1-13-10-16(19)3-2-15(13)12-23-7-4-14(5-8-23)18-22-21-17-11-20-6-9-24(17)18/h2-3,10,14,20H,4-9,11-12H2,1H3. The van der Waals surface area contributed by atoms with Gasteiger partial charge in [-0.2, -0.15) is 0 Å². The molecule has 0 unspecified atom stereocenters. The lowest BCUT2D eigenvalue weighted by Crippen LogP contribution is -2.34. The molecule has 1 saturated heterocycles. The molecule has 4 rings (SSSR count). The fraction of sp³-hybridized carbons (Fsp3) is 0.556. The van der Waals surface area contributed by atoms with Crippen LogP contribution in [-0.2, 0) is 19.6 Å². The van der Waals surface area contributed by atoms with E-state index in [0.717, 1.165) is 63.0 Å². The van der Waals surface area contributed by atoms with Crippen molar-refractivity contribution >= 4 is 11.6 Å². The summed E-state index contributed by atoms with van der Waals surface area (Å²) in [6.45, 7) is 8.26. The zero-order chi connectivity index (χ0) is 16.5. The highest BCUT2D eigenvalue weighted by Gasteiger charge is 2.27. The topological polar surface area (TPSA) is 46.0 Å². The first-order valence-corrected chi connectivity index (χ1v) is 9.18. The van der Waals surface area contributed by atoms with Crippen molar-refractivity contribution in [2.45, 2.75) is 45.3 Å². The second-order valence-electron chi connectivity index (χ2n) is 6.92. The molecule has 1 fully saturated rings. The first-order chi connectivity index (χ1) is 11.7. The minimum Gasteiger partial charge on any atom is -0.312 e. The van der Waals surface area contributed by atoms with Gasteiger partial charge in [0.15, 0.2) is 0 Å². The van der Waals surface area contributed by atoms with Crippen LogP contribution in [0.4, 0.5) is 0 Å². The number of nitrogens with one attached hydrogen (secondary N) is 1. The van der Waals surface area contributed by atoms with Crippen LogP contribution < -0.4 is 5.32 Å². The molecule has 0 bridgehead atoms. The fourth-order valence-corrected chi connectivity index (χ4v) is 4.07. The van der Waals surface area contributed by atoms with Crippen LogP contribution in [0.3, 0.4) is 0 Å². The highest BCUT2D eigenvalue weighted by molar-refractivity contribution is 6.30. The van der Waals surface area contributed by atoms with E-state index in [1.54, 1.807) is 0 Å². The van der Waals surface area contributed by atoms with Crippen LogP contribution in [0.15, 0.2) is 18.2 Å². The molecule has 128 valence electrons. The molecule has 2 aromatic rings. The summed E-state index contributed by atoms with van der Waals surface area (Å²) >= 11 is 6.06. The first-order valence-electron chi connectivity index (χ1n) is 8.81. The SMILES string of the molecule is Cc1cc(Cl)ccc1CN1CCC(c2nnc3n2CCNC3)CC1. The molecule has 5 nitrogen and oxygen atoms in total. The minimum atomic E-state index is 0.548. The average Bonchev–Trinajstić information content (AvgIpc) is 3.02. The van der Waals surface area contributed by atoms with E-state index in [2.05, 4.69) is 44.0 Å². The van der Waals surface area contributed by atoms with Crippen LogP contribution in [0.5, 0.6) is 0 Å². The number of halogens is 1. The lowest BCUT2D eigenvalue weighted by Gasteiger charge is -2.32. The molecular formula is C18H24ClN5. The van der Waals surface area contributed by atoms with E-state index >= 15 is 0 Å². The normalized spacial score (nSPS) is 19.4. The van der Waals surface area contributed by atoms with Gasteiger partial charge in [0.05, 0.1) is 6.54 Å². The second-order valence-corrected chi connectivity index (χ2v) is 7.36. The van der Waals surface area contributed by atoms with Crippen molar-refractivity contribution in [2.24, 2.45) is 0 Å². The summed E-state index contributed by atoms with van der Waals surface area (Å²) in [5.74, 6) is 2.84. The third kappa shape index (κ3) is 3.21. The zero-order valence-corrected chi connectivity index (χ0v) is 14.9. The summed E-state index contributed by atoms with van der Waals surface area (Å²) < 4.78 is 2.33. The van der Waals surface area contributed by atoms with E-state index in [0.29, 0.717) is 5.92 Å². The van der Waals surface area contributed by atoms with Gasteiger partial charge >= 0.3 is 0 Å². The molecule has 2 aliphatic heterocycles. The van der Waals surface area contributed by atoms with Crippen molar-refractivity contribution in [3.8, 4) is 0 Å². The van der Waals surface area contributed by atoms with Crippen molar-refractivity contribution in [1.29, 1.82) is 0 Å². The molecule has 1 aromatic carbocycles. The molecule has 1 aromatic heterocycles. The lowest BCUT2D eigenvalue weighted by molar-refractivity contribution is 0.199. The Morgan fingerprint density at radius 2 is 2.04 bits per heavy atom. The van der Waals surface area contributed by atoms with Crippen molar-refractivity contribution in [3.05, 3.63) is 46.0 Å². The maximum absolute atomic E-state index is 6.06. The zero-order valence-electron chi connectivity index (χ0n) is 14.1. The minimum absolute atomic E-state index is 0.548. The van der Waals surface area contributed by atoms with Gasteiger partial charge in [-0.1, -0.05) is 17.7 Å². The van der Waals surface area contributed by atoms with E-state index < -0.39 is 0 Å². The number of rotatable bonds is 3. The van der Waals surface area contributed by atoms with Gasteiger partial charge in [0, 0.05) is 30.6 Å². The van der Waals surface area contributed by atoms with E-state index in [1.165, 1.54) is 17.0 Å². The molecule has 1 N–H and O–H groups in total. The van der Waals surface area contributed by atoms with Gasteiger partial charge in [-0.05, 0) is 56.1 Å². The molecule has 0 aliphatic carbocycles. The predicted octanol–water partition coefficient (Wildman–Crippen LogP) is 2.72. The summed E-state index contributed by atoms with van der Waals surface area (Å²) in [4.78, 5) is 2.54. The Labute approximate surface area is 148 Å². The quantitative estimate of drug-likeness (QED) is 0.929. The third-order valence-corrected chi connectivity index (χ3v) is 5.54. The molecule has 24 heavy (non-hydrogen) atoms. The van der Waals surface area contributed by atoms with Crippen LogP contribution in [0, 0.1) is 6.92 Å². The number of hydrogen-bond donors (Lipinski definition) is 1. The van der Waals surface area contributed by atoms with E-state index in [1.807, 2.05) is 6.07 Å². The maximum atomic E-state index is 6.06. The second kappa shape index (κ2) is 6.82. The van der Waals surface area contributed by atoms with E-state index in [-0.39, 0.29) is 0 Å². The highest BCUT2D eigenvalue weighted by atomic mass is 35.5. The molecule has 0 atom stereocenters. The van der Waals surface area contributed by atoms with E-state index in [4.69, 9.17) is 11.6 Å². The molecule has 0 saturated carbocycles. The number of hydrogen-bond acceptors (Lipinski definition) is 4. The van der Waals surface area contributed by atoms with Gasteiger partial charge in [0.2, 0.25) is 0 Å². The Morgan fingerprint density at radius 3 is 2.83 bits per heavy atom. The molecule has 0 amide bonds. The Bertz CT molecular complexity index is 718. The fourth-order valence-electron chi connectivity index (χ4n) is 3.84. The lowest BCUT2D eigenvalue weighted by atomic mass is 9.95. The number of benzene rings is 1. The monoisotopic (exact) mass is 345 g/mol. The Morgan fingerprint density at radius 1 is 1.21 bits per heavy atom. The highest BCUT2D eigenvalue weighted by Crippen LogP contribution is 2.29. The third-order valence-electron chi connectivity index (χ3n) is 5.30. The summed E-state index contributed by atoms with van der Waals surface area (Å²) in [6.07, 6.45) is 2.33. The number of nitrogens with zero attached hydrogens (tertiary/aromatic N) is 4. The van der Waals surface area contributed by atoms with E-state index in [9.17, 15) is 0 Å². The number of aryl methyl sites for hydroxylation is 1. The maximum Gasteiger partial charge on any atom is 0.147 e. The van der Waals surface area contributed by atoms with Crippen LogP contribution in [0.25, 0.3) is 0 Å². The number of fused-ring (bicyclic) bond motifs is 1. The first kappa shape index (κ1) is 16.1. The van der Waals surface area contributed by atoms with Gasteiger partial charge < -0.3 is 9.88 Å². The van der Waals surface area contributed by atoms with Crippen LogP contribution in [-0.4, -0.2) is 39.3 Å². The average molecular weight is 346 g/mol. The van der Waals surface area contributed by atoms with Crippen molar-refractivity contribution in [3.63, 3.8) is 0 Å². The van der Waals surface area contributed by atoms with Gasteiger partial charge in [-0.3, -0.25) is 4.90 Å². The molecular weight excluding hydrogens is 322 g/mol. The molecule has 0 spiro atoms. The van der Waals surface area contributed by atoms with Crippen molar-refractivity contribution in [2.75, 3.05) is 19.6 Å². The van der Waals surface area contributed by atoms with Gasteiger partial charge in [-0.25, -0.2) is 0 Å². The number of aromatic nitrogens is 3. The Hall–Kier alpha value is -1.43. The molecule has 6 heteroatoms. The smallest absolute Gasteiger partial charge is 0.147 e. The molecule has 0 radical (unpaired) electrons. The van der Waals surface area contributed by atoms with Crippen molar-refractivity contribution < 1.29 is 0 Å². The summed E-state index contributed by atoms with van der Waals surface area (Å²) in [7, 11) is 0. The largest absolute Gasteiger partial charge is 0.312 e. The summed E-state index contributed by atoms with van der Waals surface area (Å²) in [5.41, 5.74) is 2.66.